The second-order valence-corrected chi connectivity index (χ2v) is 11.5. The van der Waals surface area contributed by atoms with Gasteiger partial charge >= 0.3 is 0 Å². The van der Waals surface area contributed by atoms with Gasteiger partial charge in [0.25, 0.3) is 0 Å². The van der Waals surface area contributed by atoms with E-state index in [4.69, 9.17) is 28.0 Å². The maximum atomic E-state index is 12.2. The maximum absolute atomic E-state index is 12.2. The normalized spacial score (nSPS) is 38.2. The molecule has 7 atom stereocenters. The van der Waals surface area contributed by atoms with E-state index in [9.17, 15) is 9.59 Å². The van der Waals surface area contributed by atoms with Gasteiger partial charge in [-0.25, -0.2) is 5.43 Å². The Balaban J connectivity index is 1.03. The van der Waals surface area contributed by atoms with Crippen molar-refractivity contribution in [3.63, 3.8) is 0 Å². The molecule has 34 heavy (non-hydrogen) atoms. The number of alkyl halides is 2. The fourth-order valence-electron chi connectivity index (χ4n) is 5.81. The molecule has 194 valence electrons. The Bertz CT molecular complexity index is 679. The third-order valence-electron chi connectivity index (χ3n) is 7.66. The van der Waals surface area contributed by atoms with Crippen LogP contribution in [0.15, 0.2) is 0 Å². The number of carbonyl (C=O) groups excluding carboxylic acids is 2. The van der Waals surface area contributed by atoms with Crippen molar-refractivity contribution < 1.29 is 14.4 Å². The zero-order valence-corrected chi connectivity index (χ0v) is 21.3. The Labute approximate surface area is 212 Å². The van der Waals surface area contributed by atoms with E-state index in [2.05, 4.69) is 32.3 Å². The Morgan fingerprint density at radius 1 is 1.06 bits per heavy atom. The number of nitrogens with one attached hydrogen (secondary N) is 6. The van der Waals surface area contributed by atoms with Crippen LogP contribution in [-0.4, -0.2) is 54.2 Å². The smallest absolute Gasteiger partial charge is 0.237 e. The Kier molecular flexibility index (Phi) is 10.1. The zero-order valence-electron chi connectivity index (χ0n) is 19.8. The minimum Gasteiger partial charge on any atom is -0.356 e. The highest BCUT2D eigenvalue weighted by Crippen LogP contribution is 2.34. The van der Waals surface area contributed by atoms with Gasteiger partial charge < -0.3 is 10.6 Å². The van der Waals surface area contributed by atoms with Gasteiger partial charge in [0, 0.05) is 35.6 Å². The maximum Gasteiger partial charge on any atom is 0.237 e. The molecule has 7 unspecified atom stereocenters. The molecule has 2 amide bonds. The highest BCUT2D eigenvalue weighted by Gasteiger charge is 2.39. The van der Waals surface area contributed by atoms with Gasteiger partial charge in [-0.3, -0.25) is 25.2 Å². The summed E-state index contributed by atoms with van der Waals surface area (Å²) >= 11 is 12.6. The Morgan fingerprint density at radius 3 is 2.65 bits per heavy atom. The molecule has 2 aliphatic heterocycles. The molecule has 4 rings (SSSR count). The zero-order chi connectivity index (χ0) is 23.9. The van der Waals surface area contributed by atoms with E-state index in [1.54, 1.807) is 0 Å². The number of rotatable bonds is 10. The van der Waals surface area contributed by atoms with E-state index < -0.39 is 0 Å². The lowest BCUT2D eigenvalue weighted by atomic mass is 9.76. The average Bonchev–Trinajstić information content (AvgIpc) is 3.30. The lowest BCUT2D eigenvalue weighted by Gasteiger charge is -2.41. The molecular weight excluding hydrogens is 479 g/mol. The topological polar surface area (TPSA) is 116 Å². The molecule has 0 aromatic rings. The summed E-state index contributed by atoms with van der Waals surface area (Å²) < 4.78 is 0. The lowest BCUT2D eigenvalue weighted by molar-refractivity contribution is -0.134. The number of carbonyl (C=O) groups is 2. The average molecular weight is 520 g/mol. The summed E-state index contributed by atoms with van der Waals surface area (Å²) in [5, 5.41) is 10.2. The minimum absolute atomic E-state index is 0.0271. The number of hydrazine groups is 1. The van der Waals surface area contributed by atoms with Crippen LogP contribution in [0.2, 0.25) is 0 Å². The van der Waals surface area contributed by atoms with E-state index in [-0.39, 0.29) is 47.0 Å². The first-order chi connectivity index (χ1) is 16.5. The van der Waals surface area contributed by atoms with Crippen molar-refractivity contribution in [2.24, 2.45) is 17.8 Å². The molecular formula is C23H40Cl2N6O3. The largest absolute Gasteiger partial charge is 0.356 e. The number of fused-ring (bicyclic) bond motifs is 1. The molecule has 2 saturated heterocycles. The summed E-state index contributed by atoms with van der Waals surface area (Å²) in [5.41, 5.74) is 9.01. The van der Waals surface area contributed by atoms with Crippen molar-refractivity contribution in [1.82, 2.24) is 32.3 Å². The molecule has 11 heteroatoms. The summed E-state index contributed by atoms with van der Waals surface area (Å²) in [6.07, 6.45) is 9.97. The fraction of sp³-hybridized carbons (Fsp3) is 0.913. The first-order valence-electron chi connectivity index (χ1n) is 13.0. The van der Waals surface area contributed by atoms with Gasteiger partial charge in [-0.15, -0.1) is 23.2 Å². The molecule has 4 aliphatic rings. The van der Waals surface area contributed by atoms with Crippen molar-refractivity contribution >= 4 is 35.0 Å². The van der Waals surface area contributed by atoms with Crippen LogP contribution >= 0.6 is 23.2 Å². The molecule has 0 aromatic heterocycles. The van der Waals surface area contributed by atoms with Crippen LogP contribution in [0.25, 0.3) is 0 Å². The summed E-state index contributed by atoms with van der Waals surface area (Å²) in [4.78, 5) is 29.9. The van der Waals surface area contributed by atoms with Crippen LogP contribution in [0.1, 0.15) is 70.6 Å². The summed E-state index contributed by atoms with van der Waals surface area (Å²) in [6.45, 7) is 1.52. The quantitative estimate of drug-likeness (QED) is 0.193. The lowest BCUT2D eigenvalue weighted by Crippen LogP contribution is -2.64. The van der Waals surface area contributed by atoms with Crippen molar-refractivity contribution in [3.05, 3.63) is 0 Å². The van der Waals surface area contributed by atoms with Crippen molar-refractivity contribution in [3.8, 4) is 0 Å². The van der Waals surface area contributed by atoms with Crippen LogP contribution in [0.4, 0.5) is 0 Å². The number of hydrogen-bond donors (Lipinski definition) is 6. The molecule has 9 nitrogen and oxygen atoms in total. The first kappa shape index (κ1) is 26.4. The van der Waals surface area contributed by atoms with E-state index >= 15 is 0 Å². The number of hydrogen-bond acceptors (Lipinski definition) is 7. The monoisotopic (exact) mass is 518 g/mol. The Hall–Kier alpha value is -0.680. The van der Waals surface area contributed by atoms with Gasteiger partial charge in [0.1, 0.15) is 6.23 Å². The van der Waals surface area contributed by atoms with Crippen molar-refractivity contribution in [1.29, 1.82) is 0 Å². The molecule has 6 N–H and O–H groups in total. The summed E-state index contributed by atoms with van der Waals surface area (Å²) in [5.74, 6) is 1.01. The fourth-order valence-corrected chi connectivity index (χ4v) is 6.79. The second-order valence-electron chi connectivity index (χ2n) is 10.2. The summed E-state index contributed by atoms with van der Waals surface area (Å²) in [7, 11) is 0. The van der Waals surface area contributed by atoms with E-state index in [0.29, 0.717) is 31.2 Å². The molecule has 0 spiro atoms. The summed E-state index contributed by atoms with van der Waals surface area (Å²) in [6, 6.07) is 0. The number of amides is 2. The molecule has 2 saturated carbocycles. The third kappa shape index (κ3) is 7.41. The molecule has 2 heterocycles. The number of halogens is 2. The molecule has 0 radical (unpaired) electrons. The van der Waals surface area contributed by atoms with Gasteiger partial charge in [0.2, 0.25) is 11.8 Å². The van der Waals surface area contributed by atoms with Crippen LogP contribution in [0.5, 0.6) is 0 Å². The second kappa shape index (κ2) is 13.0. The SMILES string of the molecule is O=C(CCC1NC(C2CC(Cl)CC(Cl)C2)NO1)NCCCCNC1NNC(=O)C2CCCCC12. The predicted octanol–water partition coefficient (Wildman–Crippen LogP) is 1.81. The Morgan fingerprint density at radius 2 is 1.82 bits per heavy atom. The van der Waals surface area contributed by atoms with Crippen LogP contribution < -0.4 is 32.3 Å². The van der Waals surface area contributed by atoms with Gasteiger partial charge in [-0.2, -0.15) is 5.48 Å². The van der Waals surface area contributed by atoms with Gasteiger partial charge in [0.05, 0.1) is 12.3 Å². The molecule has 4 fully saturated rings. The highest BCUT2D eigenvalue weighted by molar-refractivity contribution is 6.23. The van der Waals surface area contributed by atoms with Crippen LogP contribution in [-0.2, 0) is 14.4 Å². The van der Waals surface area contributed by atoms with Gasteiger partial charge in [-0.1, -0.05) is 12.8 Å². The predicted molar refractivity (Wildman–Crippen MR) is 132 cm³/mol. The molecule has 0 bridgehead atoms. The first-order valence-corrected chi connectivity index (χ1v) is 13.9. The minimum atomic E-state index is -0.184. The van der Waals surface area contributed by atoms with Gasteiger partial charge in [-0.05, 0) is 63.8 Å². The standard InChI is InChI=1S/C23H40Cl2N6O3/c24-15-11-14(12-16(25)13-15)21-28-20(34-31-21)8-7-19(32)26-9-3-4-10-27-22-17-5-1-2-6-18(17)23(33)30-29-22/h14-18,20-22,27-29,31H,1-13H2,(H,26,32)(H,30,33). The molecule has 0 aromatic carbocycles. The van der Waals surface area contributed by atoms with Crippen molar-refractivity contribution in [2.75, 3.05) is 13.1 Å². The highest BCUT2D eigenvalue weighted by atomic mass is 35.5. The van der Waals surface area contributed by atoms with E-state index in [1.807, 2.05) is 0 Å². The number of unbranched alkanes of at least 4 members (excludes halogenated alkanes) is 1. The molecule has 2 aliphatic carbocycles. The van der Waals surface area contributed by atoms with Crippen molar-refractivity contribution in [2.45, 2.75) is 99.9 Å². The van der Waals surface area contributed by atoms with Crippen LogP contribution in [0, 0.1) is 17.8 Å². The van der Waals surface area contributed by atoms with Gasteiger partial charge in [0.15, 0.2) is 0 Å². The van der Waals surface area contributed by atoms with E-state index in [0.717, 1.165) is 57.9 Å². The third-order valence-corrected chi connectivity index (χ3v) is 8.37. The van der Waals surface area contributed by atoms with Crippen LogP contribution in [0.3, 0.4) is 0 Å². The number of hydroxylamine groups is 1. The van der Waals surface area contributed by atoms with E-state index in [1.165, 1.54) is 6.42 Å².